The van der Waals surface area contributed by atoms with E-state index in [4.69, 9.17) is 15.5 Å². The van der Waals surface area contributed by atoms with E-state index in [1.165, 1.54) is 47.0 Å². The summed E-state index contributed by atoms with van der Waals surface area (Å²) < 4.78 is 34.5. The molecule has 7 heteroatoms. The normalized spacial score (nSPS) is 27.1. The van der Waals surface area contributed by atoms with Gasteiger partial charge in [0.1, 0.15) is 11.6 Å². The molecular weight excluding hydrogens is 428 g/mol. The fourth-order valence-electron chi connectivity index (χ4n) is 5.61. The molecule has 0 spiro atoms. The molecule has 2 aromatic rings. The molecule has 1 aromatic carbocycles. The number of hydrogen-bond acceptors (Lipinski definition) is 5. The van der Waals surface area contributed by atoms with Gasteiger partial charge in [0.25, 0.3) is 0 Å². The van der Waals surface area contributed by atoms with Crippen LogP contribution >= 0.6 is 11.8 Å². The summed E-state index contributed by atoms with van der Waals surface area (Å²) in [7, 11) is 1.61. The van der Waals surface area contributed by atoms with Crippen LogP contribution in [0.2, 0.25) is 0 Å². The van der Waals surface area contributed by atoms with Gasteiger partial charge < -0.3 is 10.5 Å². The summed E-state index contributed by atoms with van der Waals surface area (Å²) in [5.74, 6) is 0.576. The number of methoxy groups -OCH3 is 1. The number of aliphatic imine (C=N–C) groups is 1. The van der Waals surface area contributed by atoms with Crippen LogP contribution in [0.25, 0.3) is 5.57 Å². The van der Waals surface area contributed by atoms with Crippen LogP contribution in [0.5, 0.6) is 5.88 Å². The van der Waals surface area contributed by atoms with Crippen molar-refractivity contribution in [2.45, 2.75) is 44.6 Å². The first kappa shape index (κ1) is 21.4. The molecule has 168 valence electrons. The number of thioether (sulfide) groups is 1. The number of nitrogens with two attached hydrogens (primary N) is 1. The third-order valence-corrected chi connectivity index (χ3v) is 8.17. The van der Waals surface area contributed by atoms with Gasteiger partial charge in [-0.1, -0.05) is 30.8 Å². The molecule has 0 saturated carbocycles. The van der Waals surface area contributed by atoms with Crippen molar-refractivity contribution in [3.8, 4) is 5.88 Å². The minimum atomic E-state index is -0.903. The van der Waals surface area contributed by atoms with Gasteiger partial charge in [-0.25, -0.2) is 13.8 Å². The second-order valence-corrected chi connectivity index (χ2v) is 10.1. The van der Waals surface area contributed by atoms with Gasteiger partial charge >= 0.3 is 0 Å². The molecule has 0 bridgehead atoms. The fourth-order valence-corrected chi connectivity index (χ4v) is 6.60. The molecule has 1 aliphatic heterocycles. The number of fused-ring (bicyclic) bond motifs is 2. The van der Waals surface area contributed by atoms with Gasteiger partial charge in [-0.2, -0.15) is 0 Å². The van der Waals surface area contributed by atoms with E-state index in [9.17, 15) is 4.39 Å². The zero-order chi connectivity index (χ0) is 22.5. The molecule has 3 aliphatic rings. The number of aromatic nitrogens is 1. The molecule has 5 rings (SSSR count). The van der Waals surface area contributed by atoms with Crippen LogP contribution in [0.4, 0.5) is 8.78 Å². The quantitative estimate of drug-likeness (QED) is 0.687. The summed E-state index contributed by atoms with van der Waals surface area (Å²) in [4.78, 5) is 9.46. The highest BCUT2D eigenvalue weighted by atomic mass is 32.2. The maximum Gasteiger partial charge on any atom is 0.216 e. The van der Waals surface area contributed by atoms with Crippen molar-refractivity contribution in [1.82, 2.24) is 4.98 Å². The molecule has 3 atom stereocenters. The number of hydrogen-bond donors (Lipinski definition) is 1. The van der Waals surface area contributed by atoms with Crippen LogP contribution in [0.3, 0.4) is 0 Å². The van der Waals surface area contributed by atoms with E-state index in [2.05, 4.69) is 18.0 Å². The van der Waals surface area contributed by atoms with Crippen molar-refractivity contribution in [2.75, 3.05) is 12.9 Å². The molecular formula is C25H27F2N3OS. The van der Waals surface area contributed by atoms with Crippen molar-refractivity contribution < 1.29 is 13.5 Å². The van der Waals surface area contributed by atoms with Crippen molar-refractivity contribution in [3.63, 3.8) is 0 Å². The third-order valence-electron chi connectivity index (χ3n) is 7.21. The lowest BCUT2D eigenvalue weighted by Gasteiger charge is -2.45. The number of ether oxygens (including phenoxy) is 1. The van der Waals surface area contributed by atoms with Crippen LogP contribution in [0, 0.1) is 23.5 Å². The minimum absolute atomic E-state index is 0.0256. The molecule has 32 heavy (non-hydrogen) atoms. The zero-order valence-electron chi connectivity index (χ0n) is 18.3. The number of halogens is 2. The average molecular weight is 456 g/mol. The predicted octanol–water partition coefficient (Wildman–Crippen LogP) is 5.24. The molecule has 0 unspecified atom stereocenters. The molecule has 2 heterocycles. The number of pyridine rings is 1. The lowest BCUT2D eigenvalue weighted by molar-refractivity contribution is 0.261. The van der Waals surface area contributed by atoms with Crippen LogP contribution < -0.4 is 10.5 Å². The fraction of sp³-hybridized carbons (Fsp3) is 0.440. The summed E-state index contributed by atoms with van der Waals surface area (Å²) in [6.45, 7) is 2.27. The standard InChI is InChI=1S/C25H27F2N3OS/c1-14-5-3-4-6-17(14)20-12-29-23(31-2)19-11-25(21-8-7-16(26)10-22(21)27)15(9-18(19)20)13-32-24(28)30-25/h6-8,10,12,14-15H,3-5,9,11,13H2,1-2H3,(H2,28,30)/t14-,15-,25-/m0/s1. The highest BCUT2D eigenvalue weighted by Crippen LogP contribution is 2.51. The first-order chi connectivity index (χ1) is 15.4. The second-order valence-electron chi connectivity index (χ2n) is 9.02. The number of rotatable bonds is 3. The maximum atomic E-state index is 15.1. The van der Waals surface area contributed by atoms with E-state index < -0.39 is 17.2 Å². The molecule has 4 nitrogen and oxygen atoms in total. The Morgan fingerprint density at radius 1 is 1.25 bits per heavy atom. The number of allylic oxidation sites excluding steroid dienone is 2. The van der Waals surface area contributed by atoms with Gasteiger partial charge in [-0.05, 0) is 54.4 Å². The topological polar surface area (TPSA) is 60.5 Å². The Labute approximate surface area is 191 Å². The molecule has 0 fully saturated rings. The van der Waals surface area contributed by atoms with Gasteiger partial charge in [-0.15, -0.1) is 0 Å². The van der Waals surface area contributed by atoms with Gasteiger partial charge in [0, 0.05) is 41.5 Å². The number of nitrogens with zero attached hydrogens (tertiary/aromatic N) is 2. The monoisotopic (exact) mass is 455 g/mol. The van der Waals surface area contributed by atoms with E-state index in [1.54, 1.807) is 7.11 Å². The maximum absolute atomic E-state index is 15.1. The predicted molar refractivity (Wildman–Crippen MR) is 125 cm³/mol. The van der Waals surface area contributed by atoms with E-state index in [-0.39, 0.29) is 5.92 Å². The van der Waals surface area contributed by atoms with E-state index >= 15 is 4.39 Å². The Kier molecular flexibility index (Phi) is 5.48. The van der Waals surface area contributed by atoms with Crippen LogP contribution in [-0.4, -0.2) is 23.0 Å². The summed E-state index contributed by atoms with van der Waals surface area (Å²) in [6.07, 6.45) is 8.85. The SMILES string of the molecule is COc1ncc(C2=CCCC[C@@H]2C)c2c1C[C@]1(c3ccc(F)cc3F)N=C(N)SC[C@@H]1C2. The lowest BCUT2D eigenvalue weighted by atomic mass is 9.66. The highest BCUT2D eigenvalue weighted by Gasteiger charge is 2.49. The first-order valence-electron chi connectivity index (χ1n) is 11.1. The van der Waals surface area contributed by atoms with Gasteiger partial charge in [0.15, 0.2) is 5.17 Å². The Bertz CT molecular complexity index is 1130. The number of benzene rings is 1. The van der Waals surface area contributed by atoms with Crippen molar-refractivity contribution in [3.05, 3.63) is 64.4 Å². The van der Waals surface area contributed by atoms with E-state index in [0.29, 0.717) is 35.4 Å². The number of amidine groups is 1. The van der Waals surface area contributed by atoms with Crippen LogP contribution in [0.1, 0.15) is 48.4 Å². The Balaban J connectivity index is 1.71. The lowest BCUT2D eigenvalue weighted by Crippen LogP contribution is -2.47. The summed E-state index contributed by atoms with van der Waals surface area (Å²) in [6, 6.07) is 3.75. The summed E-state index contributed by atoms with van der Waals surface area (Å²) in [5, 5.41) is 0.431. The summed E-state index contributed by atoms with van der Waals surface area (Å²) in [5.41, 5.74) is 10.3. The molecule has 0 radical (unpaired) electrons. The zero-order valence-corrected chi connectivity index (χ0v) is 19.1. The highest BCUT2D eigenvalue weighted by molar-refractivity contribution is 8.13. The van der Waals surface area contributed by atoms with Crippen LogP contribution in [-0.2, 0) is 18.4 Å². The largest absolute Gasteiger partial charge is 0.481 e. The smallest absolute Gasteiger partial charge is 0.216 e. The minimum Gasteiger partial charge on any atom is -0.481 e. The Morgan fingerprint density at radius 2 is 2.09 bits per heavy atom. The van der Waals surface area contributed by atoms with Crippen molar-refractivity contribution in [1.29, 1.82) is 0 Å². The van der Waals surface area contributed by atoms with E-state index in [1.807, 2.05) is 6.20 Å². The average Bonchev–Trinajstić information content (AvgIpc) is 2.77. The van der Waals surface area contributed by atoms with E-state index in [0.717, 1.165) is 30.2 Å². The van der Waals surface area contributed by atoms with Crippen molar-refractivity contribution in [2.24, 2.45) is 22.6 Å². The molecule has 2 N–H and O–H groups in total. The second kappa shape index (κ2) is 8.18. The van der Waals surface area contributed by atoms with Gasteiger partial charge in [0.2, 0.25) is 5.88 Å². The summed E-state index contributed by atoms with van der Waals surface area (Å²) >= 11 is 1.50. The molecule has 0 amide bonds. The molecule has 1 aromatic heterocycles. The third kappa shape index (κ3) is 3.41. The Hall–Kier alpha value is -2.41. The van der Waals surface area contributed by atoms with Gasteiger partial charge in [0.05, 0.1) is 12.6 Å². The molecule has 2 aliphatic carbocycles. The first-order valence-corrected chi connectivity index (χ1v) is 12.1. The Morgan fingerprint density at radius 3 is 2.84 bits per heavy atom. The van der Waals surface area contributed by atoms with Crippen molar-refractivity contribution >= 4 is 22.5 Å². The molecule has 0 saturated heterocycles. The van der Waals surface area contributed by atoms with Gasteiger partial charge in [-0.3, -0.25) is 4.99 Å². The van der Waals surface area contributed by atoms with Crippen LogP contribution in [0.15, 0.2) is 35.5 Å².